The van der Waals surface area contributed by atoms with Gasteiger partial charge in [-0.2, -0.15) is 0 Å². The van der Waals surface area contributed by atoms with Gasteiger partial charge in [0, 0.05) is 13.1 Å². The normalized spacial score (nSPS) is 18.7. The molecule has 2 amide bonds. The Morgan fingerprint density at radius 2 is 2.16 bits per heavy atom. The highest BCUT2D eigenvalue weighted by molar-refractivity contribution is 6.34. The second-order valence-corrected chi connectivity index (χ2v) is 4.67. The van der Waals surface area contributed by atoms with Gasteiger partial charge in [-0.05, 0) is 24.1 Å². The summed E-state index contributed by atoms with van der Waals surface area (Å²) in [6, 6.07) is 8.34. The van der Waals surface area contributed by atoms with Crippen LogP contribution in [0, 0.1) is 0 Å². The molecular formula is C14H19N3O2. The summed E-state index contributed by atoms with van der Waals surface area (Å²) in [7, 11) is 0. The minimum absolute atomic E-state index is 0.109. The fourth-order valence-corrected chi connectivity index (χ4v) is 2.60. The third-order valence-corrected chi connectivity index (χ3v) is 3.61. The average molecular weight is 261 g/mol. The lowest BCUT2D eigenvalue weighted by atomic mass is 9.92. The number of carbonyl (C=O) groups is 2. The largest absolute Gasteiger partial charge is 0.361 e. The molecule has 2 rings (SSSR count). The van der Waals surface area contributed by atoms with Crippen LogP contribution in [0.15, 0.2) is 24.3 Å². The first-order valence-electron chi connectivity index (χ1n) is 6.53. The van der Waals surface area contributed by atoms with Crippen molar-refractivity contribution in [3.8, 4) is 0 Å². The summed E-state index contributed by atoms with van der Waals surface area (Å²) in [5.74, 6) is -1.66. The molecule has 0 saturated heterocycles. The molecule has 5 heteroatoms. The smallest absolute Gasteiger partial charge is 0.309 e. The number of rotatable bonds is 3. The number of hydrogen-bond acceptors (Lipinski definition) is 3. The SMILES string of the molecule is CCN1CCc2ccccc2C1CNC(=O)C(N)=O. The Morgan fingerprint density at radius 1 is 1.42 bits per heavy atom. The van der Waals surface area contributed by atoms with Gasteiger partial charge in [-0.1, -0.05) is 31.2 Å². The summed E-state index contributed by atoms with van der Waals surface area (Å²) in [5.41, 5.74) is 7.48. The van der Waals surface area contributed by atoms with E-state index in [2.05, 4.69) is 29.3 Å². The quantitative estimate of drug-likeness (QED) is 0.764. The van der Waals surface area contributed by atoms with Crippen LogP contribution >= 0.6 is 0 Å². The highest BCUT2D eigenvalue weighted by Crippen LogP contribution is 2.28. The lowest BCUT2D eigenvalue weighted by molar-refractivity contribution is -0.137. The molecule has 0 fully saturated rings. The molecule has 0 aromatic heterocycles. The van der Waals surface area contributed by atoms with Crippen LogP contribution in [0.3, 0.4) is 0 Å². The highest BCUT2D eigenvalue weighted by Gasteiger charge is 2.26. The van der Waals surface area contributed by atoms with E-state index >= 15 is 0 Å². The zero-order chi connectivity index (χ0) is 13.8. The summed E-state index contributed by atoms with van der Waals surface area (Å²) in [6.45, 7) is 4.37. The van der Waals surface area contributed by atoms with Crippen LogP contribution in [0.25, 0.3) is 0 Å². The van der Waals surface area contributed by atoms with Crippen LogP contribution in [-0.2, 0) is 16.0 Å². The van der Waals surface area contributed by atoms with Crippen LogP contribution in [0.2, 0.25) is 0 Å². The summed E-state index contributed by atoms with van der Waals surface area (Å²) in [6.07, 6.45) is 1.02. The molecule has 1 aromatic carbocycles. The molecule has 1 atom stereocenters. The minimum atomic E-state index is -0.938. The maximum atomic E-state index is 11.3. The van der Waals surface area contributed by atoms with Crippen LogP contribution < -0.4 is 11.1 Å². The van der Waals surface area contributed by atoms with E-state index < -0.39 is 11.8 Å². The Hall–Kier alpha value is -1.88. The predicted octanol–water partition coefficient (Wildman–Crippen LogP) is 0.207. The maximum Gasteiger partial charge on any atom is 0.309 e. The van der Waals surface area contributed by atoms with E-state index in [1.165, 1.54) is 11.1 Å². The van der Waals surface area contributed by atoms with Crippen LogP contribution in [-0.4, -0.2) is 36.3 Å². The van der Waals surface area contributed by atoms with E-state index in [0.29, 0.717) is 6.54 Å². The van der Waals surface area contributed by atoms with E-state index in [1.54, 1.807) is 0 Å². The molecule has 1 aromatic rings. The van der Waals surface area contributed by atoms with Crippen molar-refractivity contribution in [1.82, 2.24) is 10.2 Å². The van der Waals surface area contributed by atoms with Gasteiger partial charge in [-0.25, -0.2) is 0 Å². The number of likely N-dealkylation sites (N-methyl/N-ethyl adjacent to an activating group) is 1. The van der Waals surface area contributed by atoms with Crippen molar-refractivity contribution in [2.45, 2.75) is 19.4 Å². The summed E-state index contributed by atoms with van der Waals surface area (Å²) < 4.78 is 0. The van der Waals surface area contributed by atoms with E-state index in [1.807, 2.05) is 12.1 Å². The standard InChI is InChI=1S/C14H19N3O2/c1-2-17-8-7-10-5-3-4-6-11(10)12(17)9-16-14(19)13(15)18/h3-6,12H,2,7-9H2,1H3,(H2,15,18)(H,16,19). The third kappa shape index (κ3) is 2.93. The minimum Gasteiger partial charge on any atom is -0.361 e. The molecule has 102 valence electrons. The number of primary amides is 1. The molecule has 1 aliphatic heterocycles. The molecule has 19 heavy (non-hydrogen) atoms. The highest BCUT2D eigenvalue weighted by atomic mass is 16.2. The number of hydrogen-bond donors (Lipinski definition) is 2. The molecule has 0 saturated carbocycles. The van der Waals surface area contributed by atoms with Crippen molar-refractivity contribution in [3.63, 3.8) is 0 Å². The molecule has 0 radical (unpaired) electrons. The number of nitrogens with zero attached hydrogens (tertiary/aromatic N) is 1. The van der Waals surface area contributed by atoms with Gasteiger partial charge in [0.05, 0.1) is 6.04 Å². The summed E-state index contributed by atoms with van der Waals surface area (Å²) in [4.78, 5) is 24.3. The van der Waals surface area contributed by atoms with Gasteiger partial charge in [-0.15, -0.1) is 0 Å². The van der Waals surface area contributed by atoms with Gasteiger partial charge in [0.2, 0.25) is 0 Å². The summed E-state index contributed by atoms with van der Waals surface area (Å²) >= 11 is 0. The molecular weight excluding hydrogens is 242 g/mol. The van der Waals surface area contributed by atoms with Crippen LogP contribution in [0.5, 0.6) is 0 Å². The van der Waals surface area contributed by atoms with Crippen molar-refractivity contribution in [1.29, 1.82) is 0 Å². The van der Waals surface area contributed by atoms with Crippen LogP contribution in [0.4, 0.5) is 0 Å². The molecule has 0 aliphatic carbocycles. The molecule has 1 unspecified atom stereocenters. The molecule has 1 aliphatic rings. The number of nitrogens with one attached hydrogen (secondary N) is 1. The molecule has 1 heterocycles. The Kier molecular flexibility index (Phi) is 4.16. The second-order valence-electron chi connectivity index (χ2n) is 4.67. The van der Waals surface area contributed by atoms with Crippen molar-refractivity contribution < 1.29 is 9.59 Å². The lowest BCUT2D eigenvalue weighted by Crippen LogP contribution is -2.44. The second kappa shape index (κ2) is 5.84. The van der Waals surface area contributed by atoms with Crippen molar-refractivity contribution >= 4 is 11.8 Å². The zero-order valence-electron chi connectivity index (χ0n) is 11.1. The number of carbonyl (C=O) groups excluding carboxylic acids is 2. The topological polar surface area (TPSA) is 75.4 Å². The molecule has 5 nitrogen and oxygen atoms in total. The molecule has 3 N–H and O–H groups in total. The van der Waals surface area contributed by atoms with E-state index in [9.17, 15) is 9.59 Å². The average Bonchev–Trinajstić information content (AvgIpc) is 2.43. The van der Waals surface area contributed by atoms with Gasteiger partial charge >= 0.3 is 11.8 Å². The monoisotopic (exact) mass is 261 g/mol. The van der Waals surface area contributed by atoms with Crippen LogP contribution in [0.1, 0.15) is 24.1 Å². The lowest BCUT2D eigenvalue weighted by Gasteiger charge is -2.36. The fourth-order valence-electron chi connectivity index (χ4n) is 2.60. The van der Waals surface area contributed by atoms with Gasteiger partial charge in [0.15, 0.2) is 0 Å². The number of fused-ring (bicyclic) bond motifs is 1. The van der Waals surface area contributed by atoms with Crippen molar-refractivity contribution in [3.05, 3.63) is 35.4 Å². The maximum absolute atomic E-state index is 11.3. The zero-order valence-corrected chi connectivity index (χ0v) is 11.1. The fraction of sp³-hybridized carbons (Fsp3) is 0.429. The third-order valence-electron chi connectivity index (χ3n) is 3.61. The first-order valence-corrected chi connectivity index (χ1v) is 6.53. The first-order chi connectivity index (χ1) is 9.13. The Morgan fingerprint density at radius 3 is 2.84 bits per heavy atom. The Balaban J connectivity index is 2.15. The number of nitrogens with two attached hydrogens (primary N) is 1. The summed E-state index contributed by atoms with van der Waals surface area (Å²) in [5, 5.41) is 2.60. The number of benzene rings is 1. The van der Waals surface area contributed by atoms with E-state index in [-0.39, 0.29) is 6.04 Å². The number of amides is 2. The van der Waals surface area contributed by atoms with E-state index in [4.69, 9.17) is 5.73 Å². The molecule has 0 spiro atoms. The Labute approximate surface area is 112 Å². The van der Waals surface area contributed by atoms with Crippen molar-refractivity contribution in [2.24, 2.45) is 5.73 Å². The predicted molar refractivity (Wildman–Crippen MR) is 72.3 cm³/mol. The van der Waals surface area contributed by atoms with Gasteiger partial charge in [0.25, 0.3) is 0 Å². The van der Waals surface area contributed by atoms with Gasteiger partial charge < -0.3 is 11.1 Å². The van der Waals surface area contributed by atoms with E-state index in [0.717, 1.165) is 19.5 Å². The Bertz CT molecular complexity index is 487. The molecule has 0 bridgehead atoms. The van der Waals surface area contributed by atoms with Gasteiger partial charge in [0.1, 0.15) is 0 Å². The first kappa shape index (κ1) is 13.5. The van der Waals surface area contributed by atoms with Gasteiger partial charge in [-0.3, -0.25) is 14.5 Å². The van der Waals surface area contributed by atoms with Crippen molar-refractivity contribution in [2.75, 3.05) is 19.6 Å².